The molecule has 2 aliphatic rings. The van der Waals surface area contributed by atoms with E-state index in [1.54, 1.807) is 0 Å². The molecule has 0 bridgehead atoms. The smallest absolute Gasteiger partial charge is 0.310 e. The van der Waals surface area contributed by atoms with Crippen LogP contribution in [-0.4, -0.2) is 29.1 Å². The molecule has 0 amide bonds. The third-order valence-corrected chi connectivity index (χ3v) is 4.73. The summed E-state index contributed by atoms with van der Waals surface area (Å²) in [6, 6.07) is 8.90. The Bertz CT molecular complexity index is 492. The number of hydrogen-bond acceptors (Lipinski definition) is 2. The maximum atomic E-state index is 11.4. The van der Waals surface area contributed by atoms with Gasteiger partial charge < -0.3 is 5.11 Å². The molecule has 1 saturated heterocycles. The maximum Gasteiger partial charge on any atom is 0.310 e. The van der Waals surface area contributed by atoms with Gasteiger partial charge in [0.15, 0.2) is 0 Å². The van der Waals surface area contributed by atoms with Crippen LogP contribution in [0.2, 0.25) is 0 Å². The quantitative estimate of drug-likeness (QED) is 0.915. The van der Waals surface area contributed by atoms with Crippen LogP contribution in [0, 0.1) is 5.41 Å². The van der Waals surface area contributed by atoms with E-state index in [0.29, 0.717) is 6.54 Å². The average molecular weight is 273 g/mol. The number of rotatable bonds is 4. The number of carboxylic acids is 1. The Balaban J connectivity index is 1.63. The number of hydrogen-bond donors (Lipinski definition) is 1. The van der Waals surface area contributed by atoms with Crippen molar-refractivity contribution >= 4 is 5.97 Å². The van der Waals surface area contributed by atoms with Gasteiger partial charge in [0.2, 0.25) is 0 Å². The van der Waals surface area contributed by atoms with Gasteiger partial charge >= 0.3 is 5.97 Å². The van der Waals surface area contributed by atoms with Crippen LogP contribution >= 0.6 is 0 Å². The van der Waals surface area contributed by atoms with Gasteiger partial charge in [0, 0.05) is 13.1 Å². The van der Waals surface area contributed by atoms with E-state index in [2.05, 4.69) is 29.2 Å². The lowest BCUT2D eigenvalue weighted by molar-refractivity contribution is -0.151. The standard InChI is InChI=1S/C17H23NO2/c1-17(16(19)20)9-2-10-18(12-17)11-13-3-5-14(6-4-13)15-7-8-15/h3-6,15H,2,7-12H2,1H3,(H,19,20). The van der Waals surface area contributed by atoms with Gasteiger partial charge in [0.25, 0.3) is 0 Å². The first-order valence-corrected chi connectivity index (χ1v) is 7.61. The molecule has 1 heterocycles. The molecule has 3 heteroatoms. The summed E-state index contributed by atoms with van der Waals surface area (Å²) in [7, 11) is 0. The summed E-state index contributed by atoms with van der Waals surface area (Å²) in [5, 5.41) is 9.36. The fourth-order valence-corrected chi connectivity index (χ4v) is 3.22. The number of benzene rings is 1. The topological polar surface area (TPSA) is 40.5 Å². The molecular formula is C17H23NO2. The number of aliphatic carboxylic acids is 1. The molecular weight excluding hydrogens is 250 g/mol. The fourth-order valence-electron chi connectivity index (χ4n) is 3.22. The van der Waals surface area contributed by atoms with Crippen LogP contribution in [0.3, 0.4) is 0 Å². The lowest BCUT2D eigenvalue weighted by Crippen LogP contribution is -2.45. The minimum Gasteiger partial charge on any atom is -0.481 e. The third-order valence-electron chi connectivity index (χ3n) is 4.73. The minimum absolute atomic E-state index is 0.577. The molecule has 3 nitrogen and oxygen atoms in total. The van der Waals surface area contributed by atoms with Crippen LogP contribution in [0.4, 0.5) is 0 Å². The predicted octanol–water partition coefficient (Wildman–Crippen LogP) is 3.25. The molecule has 1 unspecified atom stereocenters. The largest absolute Gasteiger partial charge is 0.481 e. The van der Waals surface area contributed by atoms with Gasteiger partial charge in [-0.25, -0.2) is 0 Å². The van der Waals surface area contributed by atoms with Crippen molar-refractivity contribution in [3.8, 4) is 0 Å². The van der Waals surface area contributed by atoms with E-state index < -0.39 is 11.4 Å². The maximum absolute atomic E-state index is 11.4. The highest BCUT2D eigenvalue weighted by atomic mass is 16.4. The van der Waals surface area contributed by atoms with Crippen LogP contribution < -0.4 is 0 Å². The molecule has 108 valence electrons. The summed E-state index contributed by atoms with van der Waals surface area (Å²) in [6.45, 7) is 4.41. The summed E-state index contributed by atoms with van der Waals surface area (Å²) in [6.07, 6.45) is 4.44. The predicted molar refractivity (Wildman–Crippen MR) is 78.7 cm³/mol. The Hall–Kier alpha value is -1.35. The molecule has 1 aromatic carbocycles. The highest BCUT2D eigenvalue weighted by Crippen LogP contribution is 2.40. The number of nitrogens with zero attached hydrogens (tertiary/aromatic N) is 1. The average Bonchev–Trinajstić information content (AvgIpc) is 3.24. The van der Waals surface area contributed by atoms with E-state index in [1.807, 2.05) is 6.92 Å². The summed E-state index contributed by atoms with van der Waals surface area (Å²) in [5.41, 5.74) is 2.18. The minimum atomic E-state index is -0.661. The number of carboxylic acid groups (broad SMARTS) is 1. The van der Waals surface area contributed by atoms with Gasteiger partial charge in [-0.2, -0.15) is 0 Å². The SMILES string of the molecule is CC1(C(=O)O)CCCN(Cc2ccc(C3CC3)cc2)C1. The zero-order valence-electron chi connectivity index (χ0n) is 12.1. The second-order valence-corrected chi connectivity index (χ2v) is 6.70. The lowest BCUT2D eigenvalue weighted by atomic mass is 9.82. The molecule has 20 heavy (non-hydrogen) atoms. The summed E-state index contributed by atoms with van der Waals surface area (Å²) in [4.78, 5) is 13.7. The molecule has 2 fully saturated rings. The Morgan fingerprint density at radius 3 is 2.65 bits per heavy atom. The Labute approximate surface area is 120 Å². The van der Waals surface area contributed by atoms with E-state index in [9.17, 15) is 9.90 Å². The first-order valence-electron chi connectivity index (χ1n) is 7.61. The molecule has 3 rings (SSSR count). The van der Waals surface area contributed by atoms with Gasteiger partial charge in [-0.05, 0) is 56.2 Å². The normalized spacial score (nSPS) is 27.4. The first kappa shape index (κ1) is 13.6. The van der Waals surface area contributed by atoms with E-state index in [-0.39, 0.29) is 0 Å². The molecule has 1 N–H and O–H groups in total. The van der Waals surface area contributed by atoms with Gasteiger partial charge in [-0.3, -0.25) is 9.69 Å². The Morgan fingerprint density at radius 1 is 1.35 bits per heavy atom. The molecule has 1 aromatic rings. The van der Waals surface area contributed by atoms with Crippen LogP contribution in [0.1, 0.15) is 49.7 Å². The van der Waals surface area contributed by atoms with E-state index in [1.165, 1.54) is 24.0 Å². The van der Waals surface area contributed by atoms with Gasteiger partial charge in [0.1, 0.15) is 0 Å². The highest BCUT2D eigenvalue weighted by Gasteiger charge is 2.37. The van der Waals surface area contributed by atoms with Crippen molar-refractivity contribution in [2.75, 3.05) is 13.1 Å². The number of piperidine rings is 1. The highest BCUT2D eigenvalue weighted by molar-refractivity contribution is 5.74. The summed E-state index contributed by atoms with van der Waals surface area (Å²) < 4.78 is 0. The lowest BCUT2D eigenvalue weighted by Gasteiger charge is -2.37. The van der Waals surface area contributed by atoms with Crippen molar-refractivity contribution in [3.63, 3.8) is 0 Å². The molecule has 1 atom stereocenters. The van der Waals surface area contributed by atoms with Crippen LogP contribution in [0.5, 0.6) is 0 Å². The Kier molecular flexibility index (Phi) is 3.55. The van der Waals surface area contributed by atoms with Crippen molar-refractivity contribution in [2.45, 2.75) is 45.1 Å². The van der Waals surface area contributed by atoms with Crippen molar-refractivity contribution in [1.82, 2.24) is 4.90 Å². The van der Waals surface area contributed by atoms with Crippen molar-refractivity contribution in [1.29, 1.82) is 0 Å². The number of likely N-dealkylation sites (tertiary alicyclic amines) is 1. The number of carbonyl (C=O) groups is 1. The van der Waals surface area contributed by atoms with Crippen molar-refractivity contribution < 1.29 is 9.90 Å². The summed E-state index contributed by atoms with van der Waals surface area (Å²) >= 11 is 0. The fraction of sp³-hybridized carbons (Fsp3) is 0.588. The Morgan fingerprint density at radius 2 is 2.05 bits per heavy atom. The molecule has 0 spiro atoms. The van der Waals surface area contributed by atoms with E-state index in [4.69, 9.17) is 0 Å². The molecule has 1 saturated carbocycles. The van der Waals surface area contributed by atoms with Crippen LogP contribution in [0.25, 0.3) is 0 Å². The molecule has 1 aliphatic heterocycles. The van der Waals surface area contributed by atoms with Crippen molar-refractivity contribution in [2.24, 2.45) is 5.41 Å². The van der Waals surface area contributed by atoms with Crippen molar-refractivity contribution in [3.05, 3.63) is 35.4 Å². The van der Waals surface area contributed by atoms with Gasteiger partial charge in [0.05, 0.1) is 5.41 Å². The van der Waals surface area contributed by atoms with Gasteiger partial charge in [-0.1, -0.05) is 24.3 Å². The van der Waals surface area contributed by atoms with Gasteiger partial charge in [-0.15, -0.1) is 0 Å². The molecule has 0 radical (unpaired) electrons. The zero-order valence-corrected chi connectivity index (χ0v) is 12.1. The zero-order chi connectivity index (χ0) is 14.2. The monoisotopic (exact) mass is 273 g/mol. The van der Waals surface area contributed by atoms with E-state index >= 15 is 0 Å². The molecule has 1 aliphatic carbocycles. The molecule has 0 aromatic heterocycles. The van der Waals surface area contributed by atoms with E-state index in [0.717, 1.165) is 31.8 Å². The summed E-state index contributed by atoms with van der Waals surface area (Å²) in [5.74, 6) is 0.139. The first-order chi connectivity index (χ1) is 9.57. The second kappa shape index (κ2) is 5.21. The van der Waals surface area contributed by atoms with Crippen LogP contribution in [0.15, 0.2) is 24.3 Å². The second-order valence-electron chi connectivity index (χ2n) is 6.70. The van der Waals surface area contributed by atoms with Crippen LogP contribution in [-0.2, 0) is 11.3 Å². The third kappa shape index (κ3) is 2.88.